The van der Waals surface area contributed by atoms with Gasteiger partial charge in [-0.2, -0.15) is 0 Å². The highest BCUT2D eigenvalue weighted by Crippen LogP contribution is 2.33. The predicted molar refractivity (Wildman–Crippen MR) is 125 cm³/mol. The van der Waals surface area contributed by atoms with Gasteiger partial charge in [0.1, 0.15) is 5.75 Å². The number of fused-ring (bicyclic) bond motifs is 1. The molecule has 0 bridgehead atoms. The summed E-state index contributed by atoms with van der Waals surface area (Å²) < 4.78 is 16.3. The average molecular weight is 440 g/mol. The largest absolute Gasteiger partial charge is 0.495 e. The molecule has 1 fully saturated rings. The third-order valence-electron chi connectivity index (χ3n) is 6.46. The van der Waals surface area contributed by atoms with Crippen LogP contribution >= 0.6 is 0 Å². The van der Waals surface area contributed by atoms with Gasteiger partial charge in [-0.05, 0) is 48.4 Å². The van der Waals surface area contributed by atoms with E-state index >= 15 is 0 Å². The van der Waals surface area contributed by atoms with Crippen molar-refractivity contribution in [1.82, 2.24) is 9.80 Å². The predicted octanol–water partition coefficient (Wildman–Crippen LogP) is 2.81. The van der Waals surface area contributed by atoms with Crippen LogP contribution in [-0.4, -0.2) is 76.3 Å². The molecule has 172 valence electrons. The van der Waals surface area contributed by atoms with Gasteiger partial charge in [-0.25, -0.2) is 0 Å². The average Bonchev–Trinajstić information content (AvgIpc) is 2.84. The number of anilines is 1. The molecule has 2 aromatic rings. The number of carbonyl (C=O) groups excluding carboxylic acids is 1. The highest BCUT2D eigenvalue weighted by Gasteiger charge is 2.25. The van der Waals surface area contributed by atoms with Crippen LogP contribution in [-0.2, 0) is 17.8 Å². The van der Waals surface area contributed by atoms with E-state index in [-0.39, 0.29) is 5.91 Å². The van der Waals surface area contributed by atoms with Crippen LogP contribution in [0.25, 0.3) is 0 Å². The molecule has 0 unspecified atom stereocenters. The number of hydrogen-bond acceptors (Lipinski definition) is 6. The lowest BCUT2D eigenvalue weighted by Crippen LogP contribution is -2.47. The summed E-state index contributed by atoms with van der Waals surface area (Å²) in [5, 5.41) is 0. The first-order valence-electron chi connectivity index (χ1n) is 11.2. The molecule has 2 aromatic carbocycles. The summed E-state index contributed by atoms with van der Waals surface area (Å²) in [4.78, 5) is 19.5. The Balaban J connectivity index is 1.27. The second-order valence-electron chi connectivity index (χ2n) is 8.32. The number of methoxy groups -OCH3 is 3. The summed E-state index contributed by atoms with van der Waals surface area (Å²) in [6, 6.07) is 12.1. The van der Waals surface area contributed by atoms with Crippen molar-refractivity contribution in [1.29, 1.82) is 0 Å². The molecule has 0 saturated carbocycles. The molecule has 0 spiro atoms. The maximum absolute atomic E-state index is 12.7. The van der Waals surface area contributed by atoms with Gasteiger partial charge in [0, 0.05) is 39.3 Å². The Morgan fingerprint density at radius 1 is 0.812 bits per heavy atom. The molecule has 1 saturated heterocycles. The summed E-state index contributed by atoms with van der Waals surface area (Å²) in [6.07, 6.45) is 1.40. The molecule has 7 heteroatoms. The van der Waals surface area contributed by atoms with E-state index in [1.54, 1.807) is 21.3 Å². The molecule has 0 radical (unpaired) electrons. The normalized spacial score (nSPS) is 16.7. The summed E-state index contributed by atoms with van der Waals surface area (Å²) >= 11 is 0. The molecule has 4 rings (SSSR count). The number of rotatable bonds is 8. The van der Waals surface area contributed by atoms with E-state index in [2.05, 4.69) is 21.9 Å². The number of ether oxygens (including phenoxy) is 3. The van der Waals surface area contributed by atoms with E-state index in [1.807, 2.05) is 29.2 Å². The van der Waals surface area contributed by atoms with Crippen LogP contribution in [0.4, 0.5) is 5.69 Å². The number of carbonyl (C=O) groups is 1. The van der Waals surface area contributed by atoms with Gasteiger partial charge in [-0.15, -0.1) is 0 Å². The molecule has 0 atom stereocenters. The van der Waals surface area contributed by atoms with Gasteiger partial charge in [0.15, 0.2) is 11.5 Å². The van der Waals surface area contributed by atoms with Crippen molar-refractivity contribution in [3.05, 3.63) is 47.5 Å². The SMILES string of the molecule is COc1cc2c(cc1OC)CN(CCCN1CCN(c3ccccc3OC)CC1)C(=O)C2. The zero-order valence-corrected chi connectivity index (χ0v) is 19.3. The van der Waals surface area contributed by atoms with Gasteiger partial charge in [0.2, 0.25) is 5.91 Å². The zero-order valence-electron chi connectivity index (χ0n) is 19.3. The summed E-state index contributed by atoms with van der Waals surface area (Å²) in [5.41, 5.74) is 3.35. The molecular formula is C25H33N3O4. The molecular weight excluding hydrogens is 406 g/mol. The Morgan fingerprint density at radius 2 is 1.47 bits per heavy atom. The number of nitrogens with zero attached hydrogens (tertiary/aromatic N) is 3. The first-order chi connectivity index (χ1) is 15.6. The van der Waals surface area contributed by atoms with Crippen molar-refractivity contribution in [2.45, 2.75) is 19.4 Å². The van der Waals surface area contributed by atoms with Crippen LogP contribution in [0.2, 0.25) is 0 Å². The lowest BCUT2D eigenvalue weighted by Gasteiger charge is -2.37. The molecule has 2 aliphatic heterocycles. The third kappa shape index (κ3) is 4.78. The van der Waals surface area contributed by atoms with Gasteiger partial charge in [0.05, 0.1) is 33.4 Å². The van der Waals surface area contributed by atoms with Gasteiger partial charge in [0.25, 0.3) is 0 Å². The second kappa shape index (κ2) is 10.1. The zero-order chi connectivity index (χ0) is 22.5. The summed E-state index contributed by atoms with van der Waals surface area (Å²) in [5.74, 6) is 2.51. The molecule has 0 N–H and O–H groups in total. The fourth-order valence-corrected chi connectivity index (χ4v) is 4.64. The van der Waals surface area contributed by atoms with Gasteiger partial charge in [-0.1, -0.05) is 12.1 Å². The minimum Gasteiger partial charge on any atom is -0.495 e. The van der Waals surface area contributed by atoms with E-state index in [4.69, 9.17) is 14.2 Å². The van der Waals surface area contributed by atoms with Crippen molar-refractivity contribution in [2.24, 2.45) is 0 Å². The topological polar surface area (TPSA) is 54.5 Å². The summed E-state index contributed by atoms with van der Waals surface area (Å²) in [7, 11) is 4.99. The van der Waals surface area contributed by atoms with Crippen molar-refractivity contribution in [3.63, 3.8) is 0 Å². The van der Waals surface area contributed by atoms with Gasteiger partial charge in [-0.3, -0.25) is 9.69 Å². The van der Waals surface area contributed by atoms with Crippen molar-refractivity contribution in [3.8, 4) is 17.2 Å². The third-order valence-corrected chi connectivity index (χ3v) is 6.46. The van der Waals surface area contributed by atoms with E-state index in [0.29, 0.717) is 24.5 Å². The van der Waals surface area contributed by atoms with E-state index in [0.717, 1.165) is 62.6 Å². The molecule has 0 aliphatic carbocycles. The maximum atomic E-state index is 12.7. The molecule has 2 heterocycles. The van der Waals surface area contributed by atoms with E-state index in [9.17, 15) is 4.79 Å². The van der Waals surface area contributed by atoms with Crippen molar-refractivity contribution >= 4 is 11.6 Å². The minimum absolute atomic E-state index is 0.186. The molecule has 7 nitrogen and oxygen atoms in total. The first kappa shape index (κ1) is 22.3. The van der Waals surface area contributed by atoms with Crippen LogP contribution in [0, 0.1) is 0 Å². The fourth-order valence-electron chi connectivity index (χ4n) is 4.64. The molecule has 1 amide bonds. The molecule has 2 aliphatic rings. The Morgan fingerprint density at radius 3 is 2.16 bits per heavy atom. The lowest BCUT2D eigenvalue weighted by atomic mass is 9.98. The van der Waals surface area contributed by atoms with Crippen LogP contribution < -0.4 is 19.1 Å². The van der Waals surface area contributed by atoms with Crippen LogP contribution in [0.15, 0.2) is 36.4 Å². The standard InChI is InChI=1S/C25H33N3O4/c1-30-22-8-5-4-7-21(22)27-13-11-26(12-14-27)9-6-10-28-18-20-16-24(32-3)23(31-2)15-19(20)17-25(28)29/h4-5,7-8,15-16H,6,9-14,17-18H2,1-3H3. The van der Waals surface area contributed by atoms with Crippen LogP contribution in [0.1, 0.15) is 17.5 Å². The summed E-state index contributed by atoms with van der Waals surface area (Å²) in [6.45, 7) is 6.42. The monoisotopic (exact) mass is 439 g/mol. The number of para-hydroxylation sites is 2. The lowest BCUT2D eigenvalue weighted by molar-refractivity contribution is -0.132. The molecule has 0 aromatic heterocycles. The number of hydrogen-bond donors (Lipinski definition) is 0. The van der Waals surface area contributed by atoms with Crippen molar-refractivity contribution < 1.29 is 19.0 Å². The van der Waals surface area contributed by atoms with Crippen molar-refractivity contribution in [2.75, 3.05) is 65.5 Å². The smallest absolute Gasteiger partial charge is 0.227 e. The highest BCUT2D eigenvalue weighted by molar-refractivity contribution is 5.81. The Hall–Kier alpha value is -2.93. The van der Waals surface area contributed by atoms with Crippen LogP contribution in [0.5, 0.6) is 17.2 Å². The highest BCUT2D eigenvalue weighted by atomic mass is 16.5. The number of amides is 1. The van der Waals surface area contributed by atoms with E-state index in [1.165, 1.54) is 5.69 Å². The fraction of sp³-hybridized carbons (Fsp3) is 0.480. The second-order valence-corrected chi connectivity index (χ2v) is 8.32. The first-order valence-corrected chi connectivity index (χ1v) is 11.2. The van der Waals surface area contributed by atoms with Gasteiger partial charge >= 0.3 is 0 Å². The Kier molecular flexibility index (Phi) is 7.05. The molecule has 32 heavy (non-hydrogen) atoms. The van der Waals surface area contributed by atoms with Crippen LogP contribution in [0.3, 0.4) is 0 Å². The van der Waals surface area contributed by atoms with E-state index < -0.39 is 0 Å². The van der Waals surface area contributed by atoms with Gasteiger partial charge < -0.3 is 24.0 Å². The Bertz CT molecular complexity index is 941. The minimum atomic E-state index is 0.186. The number of benzene rings is 2. The maximum Gasteiger partial charge on any atom is 0.227 e. The number of piperazine rings is 1. The Labute approximate surface area is 190 Å². The quantitative estimate of drug-likeness (QED) is 0.631.